The highest BCUT2D eigenvalue weighted by atomic mass is 32.2. The van der Waals surface area contributed by atoms with Crippen LogP contribution in [0.4, 0.5) is 0 Å². The molecule has 204 valence electrons. The van der Waals surface area contributed by atoms with E-state index in [1.54, 1.807) is 0 Å². The Morgan fingerprint density at radius 3 is 1.91 bits per heavy atom. The molecular formula is C22H41N3O9S. The number of nitrogens with one attached hydrogen (secondary N) is 1. The topological polar surface area (TPSA) is 167 Å². The van der Waals surface area contributed by atoms with Crippen molar-refractivity contribution in [1.82, 2.24) is 10.2 Å². The van der Waals surface area contributed by atoms with Gasteiger partial charge in [-0.1, -0.05) is 13.8 Å². The minimum atomic E-state index is -1.05. The van der Waals surface area contributed by atoms with Crippen LogP contribution in [-0.2, 0) is 38.1 Å². The van der Waals surface area contributed by atoms with Gasteiger partial charge in [-0.3, -0.25) is 19.2 Å². The van der Waals surface area contributed by atoms with Gasteiger partial charge in [-0.25, -0.2) is 0 Å². The number of hydrogen-bond donors (Lipinski definition) is 3. The second kappa shape index (κ2) is 20.3. The number of hydrogen-bond acceptors (Lipinski definition) is 9. The van der Waals surface area contributed by atoms with Crippen molar-refractivity contribution >= 4 is 35.5 Å². The van der Waals surface area contributed by atoms with Crippen LogP contribution in [-0.4, -0.2) is 117 Å². The lowest BCUT2D eigenvalue weighted by Gasteiger charge is -2.24. The van der Waals surface area contributed by atoms with Crippen molar-refractivity contribution in [3.63, 3.8) is 0 Å². The second-order valence-electron chi connectivity index (χ2n) is 8.21. The van der Waals surface area contributed by atoms with Crippen LogP contribution in [0.15, 0.2) is 0 Å². The number of carbonyl (C=O) groups is 4. The third-order valence-corrected chi connectivity index (χ3v) is 5.90. The number of likely N-dealkylation sites (N-methyl/N-ethyl adjacent to an activating group) is 1. The largest absolute Gasteiger partial charge is 0.480 e. The lowest BCUT2D eigenvalue weighted by atomic mass is 10.1. The van der Waals surface area contributed by atoms with Gasteiger partial charge in [0.1, 0.15) is 6.54 Å². The molecule has 0 unspecified atom stereocenters. The maximum absolute atomic E-state index is 12.0. The van der Waals surface area contributed by atoms with Gasteiger partial charge in [-0.05, 0) is 6.42 Å². The summed E-state index contributed by atoms with van der Waals surface area (Å²) in [7, 11) is 1.46. The molecule has 12 nitrogen and oxygen atoms in total. The number of rotatable bonds is 23. The summed E-state index contributed by atoms with van der Waals surface area (Å²) in [5, 5.41) is 11.5. The van der Waals surface area contributed by atoms with E-state index in [0.29, 0.717) is 65.8 Å². The number of carboxylic acid groups (broad SMARTS) is 1. The van der Waals surface area contributed by atoms with E-state index in [0.717, 1.165) is 0 Å². The molecule has 0 rings (SSSR count). The molecular weight excluding hydrogens is 482 g/mol. The van der Waals surface area contributed by atoms with E-state index in [9.17, 15) is 19.2 Å². The summed E-state index contributed by atoms with van der Waals surface area (Å²) < 4.78 is 21.0. The maximum atomic E-state index is 12.0. The summed E-state index contributed by atoms with van der Waals surface area (Å²) >= 11 is 1.44. The zero-order chi connectivity index (χ0) is 26.5. The Morgan fingerprint density at radius 1 is 0.886 bits per heavy atom. The first-order valence-electron chi connectivity index (χ1n) is 11.5. The van der Waals surface area contributed by atoms with Crippen LogP contribution in [0.2, 0.25) is 0 Å². The molecule has 0 fully saturated rings. The summed E-state index contributed by atoms with van der Waals surface area (Å²) in [6, 6.07) is 0. The average molecular weight is 524 g/mol. The van der Waals surface area contributed by atoms with E-state index in [-0.39, 0.29) is 41.7 Å². The van der Waals surface area contributed by atoms with Crippen molar-refractivity contribution in [1.29, 1.82) is 0 Å². The predicted octanol–water partition coefficient (Wildman–Crippen LogP) is -0.121. The molecule has 0 radical (unpaired) electrons. The smallest absolute Gasteiger partial charge is 0.323 e. The SMILES string of the molecule is CN(CC(=O)O)C(=O)CCC(C)(C)SCC(=O)NCCOCCOCCOCCOCCC(N)=O. The highest BCUT2D eigenvalue weighted by Crippen LogP contribution is 2.29. The van der Waals surface area contributed by atoms with Gasteiger partial charge in [0.2, 0.25) is 17.7 Å². The Hall–Kier alpha value is -1.93. The fourth-order valence-corrected chi connectivity index (χ4v) is 3.34. The van der Waals surface area contributed by atoms with Crippen LogP contribution < -0.4 is 11.1 Å². The molecule has 0 aliphatic rings. The number of primary amides is 1. The molecule has 0 spiro atoms. The molecule has 0 heterocycles. The summed E-state index contributed by atoms with van der Waals surface area (Å²) in [6.07, 6.45) is 0.955. The van der Waals surface area contributed by atoms with Gasteiger partial charge in [0.15, 0.2) is 0 Å². The lowest BCUT2D eigenvalue weighted by Crippen LogP contribution is -2.33. The number of ether oxygens (including phenoxy) is 4. The first-order chi connectivity index (χ1) is 16.5. The van der Waals surface area contributed by atoms with Crippen LogP contribution in [0.25, 0.3) is 0 Å². The van der Waals surface area contributed by atoms with E-state index < -0.39 is 11.9 Å². The summed E-state index contributed by atoms with van der Waals surface area (Å²) in [6.45, 7) is 7.09. The average Bonchev–Trinajstić information content (AvgIpc) is 2.78. The van der Waals surface area contributed by atoms with Gasteiger partial charge < -0.3 is 40.0 Å². The third-order valence-electron chi connectivity index (χ3n) is 4.51. The van der Waals surface area contributed by atoms with Gasteiger partial charge >= 0.3 is 5.97 Å². The van der Waals surface area contributed by atoms with Crippen molar-refractivity contribution in [3.8, 4) is 0 Å². The van der Waals surface area contributed by atoms with Crippen molar-refractivity contribution in [2.24, 2.45) is 5.73 Å². The molecule has 0 atom stereocenters. The lowest BCUT2D eigenvalue weighted by molar-refractivity contribution is -0.143. The normalized spacial score (nSPS) is 11.3. The van der Waals surface area contributed by atoms with Crippen molar-refractivity contribution < 1.29 is 43.2 Å². The van der Waals surface area contributed by atoms with Crippen molar-refractivity contribution in [2.45, 2.75) is 37.9 Å². The van der Waals surface area contributed by atoms with E-state index >= 15 is 0 Å². The molecule has 4 N–H and O–H groups in total. The molecule has 0 aliphatic carbocycles. The zero-order valence-corrected chi connectivity index (χ0v) is 21.9. The van der Waals surface area contributed by atoms with Gasteiger partial charge in [0, 0.05) is 31.2 Å². The summed E-state index contributed by atoms with van der Waals surface area (Å²) in [4.78, 5) is 46.4. The number of amides is 3. The Bertz CT molecular complexity index is 635. The van der Waals surface area contributed by atoms with Crippen molar-refractivity contribution in [3.05, 3.63) is 0 Å². The van der Waals surface area contributed by atoms with Crippen LogP contribution in [0, 0.1) is 0 Å². The number of carboxylic acids is 1. The van der Waals surface area contributed by atoms with Gasteiger partial charge in [-0.15, -0.1) is 11.8 Å². The number of carbonyl (C=O) groups excluding carboxylic acids is 3. The van der Waals surface area contributed by atoms with Gasteiger partial charge in [-0.2, -0.15) is 0 Å². The Morgan fingerprint density at radius 2 is 1.40 bits per heavy atom. The Balaban J connectivity index is 3.59. The quantitative estimate of drug-likeness (QED) is 0.154. The molecule has 0 aromatic carbocycles. The van der Waals surface area contributed by atoms with E-state index in [2.05, 4.69) is 5.32 Å². The summed E-state index contributed by atoms with van der Waals surface area (Å²) in [5.41, 5.74) is 4.99. The number of thioether (sulfide) groups is 1. The van der Waals surface area contributed by atoms with E-state index in [1.165, 1.54) is 23.7 Å². The fraction of sp³-hybridized carbons (Fsp3) is 0.818. The molecule has 3 amide bonds. The number of nitrogens with two attached hydrogens (primary N) is 1. The molecule has 35 heavy (non-hydrogen) atoms. The molecule has 0 aliphatic heterocycles. The second-order valence-corrected chi connectivity index (χ2v) is 9.89. The molecule has 0 saturated carbocycles. The minimum Gasteiger partial charge on any atom is -0.480 e. The Labute approximate surface area is 211 Å². The first-order valence-corrected chi connectivity index (χ1v) is 12.5. The maximum Gasteiger partial charge on any atom is 0.323 e. The minimum absolute atomic E-state index is 0.118. The standard InChI is InChI=1S/C22H41N3O9S/c1-22(2,6-4-20(28)25(3)16-21(29)30)35-17-19(27)24-7-9-32-11-13-34-15-14-33-12-10-31-8-5-18(23)26/h4-17H2,1-3H3,(H2,23,26)(H,24,27)(H,29,30). The fourth-order valence-electron chi connectivity index (χ4n) is 2.47. The van der Waals surface area contributed by atoms with Gasteiger partial charge in [0.05, 0.1) is 58.6 Å². The van der Waals surface area contributed by atoms with E-state index in [1.807, 2.05) is 13.8 Å². The molecule has 0 aromatic heterocycles. The van der Waals surface area contributed by atoms with Crippen LogP contribution in [0.5, 0.6) is 0 Å². The highest BCUT2D eigenvalue weighted by molar-refractivity contribution is 8.01. The monoisotopic (exact) mass is 523 g/mol. The van der Waals surface area contributed by atoms with Crippen LogP contribution in [0.1, 0.15) is 33.1 Å². The van der Waals surface area contributed by atoms with Gasteiger partial charge in [0.25, 0.3) is 0 Å². The number of nitrogens with zero attached hydrogens (tertiary/aromatic N) is 1. The van der Waals surface area contributed by atoms with E-state index in [4.69, 9.17) is 29.8 Å². The predicted molar refractivity (Wildman–Crippen MR) is 131 cm³/mol. The Kier molecular flexibility index (Phi) is 19.2. The third kappa shape index (κ3) is 22.3. The highest BCUT2D eigenvalue weighted by Gasteiger charge is 2.22. The molecule has 0 saturated heterocycles. The zero-order valence-electron chi connectivity index (χ0n) is 21.0. The molecule has 0 aromatic rings. The van der Waals surface area contributed by atoms with Crippen LogP contribution in [0.3, 0.4) is 0 Å². The number of aliphatic carboxylic acids is 1. The van der Waals surface area contributed by atoms with Crippen LogP contribution >= 0.6 is 11.8 Å². The van der Waals surface area contributed by atoms with Crippen molar-refractivity contribution in [2.75, 3.05) is 78.7 Å². The molecule has 13 heteroatoms. The first kappa shape index (κ1) is 33.1. The molecule has 0 bridgehead atoms. The summed E-state index contributed by atoms with van der Waals surface area (Å²) in [5.74, 6) is -1.54.